The highest BCUT2D eigenvalue weighted by Crippen LogP contribution is 2.61. The minimum atomic E-state index is -6.67. The van der Waals surface area contributed by atoms with E-state index >= 15 is 0 Å². The van der Waals surface area contributed by atoms with E-state index in [1.807, 2.05) is 0 Å². The van der Waals surface area contributed by atoms with E-state index < -0.39 is 69.7 Å². The lowest BCUT2D eigenvalue weighted by atomic mass is 9.49. The molecule has 0 aromatic carbocycles. The summed E-state index contributed by atoms with van der Waals surface area (Å²) in [5.74, 6) is -13.6. The first-order valence-corrected chi connectivity index (χ1v) is 14.6. The van der Waals surface area contributed by atoms with E-state index in [0.717, 1.165) is 25.7 Å². The molecule has 1 atom stereocenters. The number of esters is 2. The summed E-state index contributed by atoms with van der Waals surface area (Å²) in [6.07, 6.45) is -4.14. The lowest BCUT2D eigenvalue weighted by molar-refractivity contribution is -0.362. The van der Waals surface area contributed by atoms with Gasteiger partial charge in [0.2, 0.25) is 0 Å². The molecule has 5 saturated carbocycles. The van der Waals surface area contributed by atoms with Crippen molar-refractivity contribution < 1.29 is 67.5 Å². The summed E-state index contributed by atoms with van der Waals surface area (Å²) in [6, 6.07) is 0. The number of hydrogen-bond donors (Lipinski definition) is 1. The number of ether oxygens (including phenoxy) is 3. The van der Waals surface area contributed by atoms with Gasteiger partial charge in [-0.3, -0.25) is 9.35 Å². The van der Waals surface area contributed by atoms with E-state index in [0.29, 0.717) is 12.8 Å². The molecule has 0 saturated heterocycles. The van der Waals surface area contributed by atoms with Crippen LogP contribution in [0.2, 0.25) is 0 Å². The molecule has 5 fully saturated rings. The Kier molecular flexibility index (Phi) is 8.24. The van der Waals surface area contributed by atoms with Crippen molar-refractivity contribution in [3.8, 4) is 0 Å². The van der Waals surface area contributed by atoms with E-state index in [2.05, 4.69) is 4.74 Å². The Morgan fingerprint density at radius 1 is 0.850 bits per heavy atom. The molecule has 0 radical (unpaired) electrons. The van der Waals surface area contributed by atoms with Gasteiger partial charge in [-0.25, -0.2) is 4.79 Å². The summed E-state index contributed by atoms with van der Waals surface area (Å²) >= 11 is 0. The van der Waals surface area contributed by atoms with Crippen LogP contribution in [0.5, 0.6) is 0 Å². The molecule has 1 N–H and O–H groups in total. The van der Waals surface area contributed by atoms with Crippen LogP contribution in [-0.2, 0) is 33.9 Å². The van der Waals surface area contributed by atoms with Crippen molar-refractivity contribution in [2.24, 2.45) is 23.2 Å². The van der Waals surface area contributed by atoms with Crippen LogP contribution in [0.4, 0.5) is 30.7 Å². The van der Waals surface area contributed by atoms with Crippen molar-refractivity contribution in [3.05, 3.63) is 0 Å². The molecular weight excluding hydrogens is 581 g/mol. The van der Waals surface area contributed by atoms with E-state index in [4.69, 9.17) is 14.0 Å². The average Bonchev–Trinajstić information content (AvgIpc) is 2.81. The van der Waals surface area contributed by atoms with Gasteiger partial charge in [0.15, 0.2) is 0 Å². The van der Waals surface area contributed by atoms with Crippen molar-refractivity contribution in [1.29, 1.82) is 0 Å². The zero-order valence-electron chi connectivity index (χ0n) is 21.4. The summed E-state index contributed by atoms with van der Waals surface area (Å²) in [5.41, 5.74) is -1.36. The van der Waals surface area contributed by atoms with Crippen LogP contribution in [0.15, 0.2) is 0 Å². The van der Waals surface area contributed by atoms with Gasteiger partial charge in [-0.05, 0) is 82.0 Å². The highest BCUT2D eigenvalue weighted by Gasteiger charge is 2.71. The number of carbonyl (C=O) groups excluding carboxylic acids is 2. The number of hydrogen-bond acceptors (Lipinski definition) is 7. The lowest BCUT2D eigenvalue weighted by Crippen LogP contribution is -2.62. The van der Waals surface area contributed by atoms with Crippen LogP contribution in [0, 0.1) is 23.2 Å². The maximum absolute atomic E-state index is 14.6. The molecule has 0 amide bonds. The Labute approximate surface area is 226 Å². The maximum atomic E-state index is 14.6. The molecule has 5 aliphatic carbocycles. The first kappa shape index (κ1) is 31.3. The lowest BCUT2D eigenvalue weighted by Gasteiger charge is -2.55. The van der Waals surface area contributed by atoms with Crippen molar-refractivity contribution >= 4 is 22.1 Å². The molecule has 0 aromatic rings. The van der Waals surface area contributed by atoms with Gasteiger partial charge in [0.05, 0.1) is 12.0 Å². The monoisotopic (exact) mass is 612 g/mol. The first-order valence-electron chi connectivity index (χ1n) is 13.2. The molecule has 0 heterocycles. The highest BCUT2D eigenvalue weighted by atomic mass is 32.2. The Balaban J connectivity index is 1.62. The fourth-order valence-electron chi connectivity index (χ4n) is 7.05. The van der Waals surface area contributed by atoms with E-state index in [-0.39, 0.29) is 49.9 Å². The molecule has 16 heteroatoms. The molecule has 0 spiro atoms. The molecule has 0 aliphatic heterocycles. The zero-order valence-corrected chi connectivity index (χ0v) is 22.2. The van der Waals surface area contributed by atoms with Crippen molar-refractivity contribution in [2.75, 3.05) is 6.61 Å². The van der Waals surface area contributed by atoms with Gasteiger partial charge in [0.25, 0.3) is 0 Å². The second-order valence-electron chi connectivity index (χ2n) is 11.7. The van der Waals surface area contributed by atoms with Gasteiger partial charge in [0.1, 0.15) is 6.10 Å². The van der Waals surface area contributed by atoms with Crippen LogP contribution in [0.3, 0.4) is 0 Å². The van der Waals surface area contributed by atoms with E-state index in [9.17, 15) is 48.7 Å². The molecule has 4 bridgehead atoms. The third kappa shape index (κ3) is 5.68. The third-order valence-electron chi connectivity index (χ3n) is 8.65. The van der Waals surface area contributed by atoms with Crippen LogP contribution < -0.4 is 0 Å². The molecule has 40 heavy (non-hydrogen) atoms. The van der Waals surface area contributed by atoms with Crippen molar-refractivity contribution in [2.45, 2.75) is 106 Å². The smallest absolute Gasteiger partial charge is 0.457 e. The molecule has 5 aliphatic rings. The SMILES string of the molecule is O=C(OC(OCCC(F)(F)C(F)(F)S(=O)(=O)O)(C(=O)OC1CCCCC1)C(F)(F)F)C12CC3CC(CC(C3)C1)C2. The van der Waals surface area contributed by atoms with Gasteiger partial charge in [-0.1, -0.05) is 6.42 Å². The van der Waals surface area contributed by atoms with Gasteiger partial charge in [-0.2, -0.15) is 39.2 Å². The fraction of sp³-hybridized carbons (Fsp3) is 0.917. The Hall–Kier alpha value is -1.68. The largest absolute Gasteiger partial charge is 0.468 e. The van der Waals surface area contributed by atoms with Crippen LogP contribution in [-0.4, -0.2) is 60.8 Å². The average molecular weight is 613 g/mol. The quantitative estimate of drug-likeness (QED) is 0.151. The van der Waals surface area contributed by atoms with Gasteiger partial charge >= 0.3 is 45.2 Å². The summed E-state index contributed by atoms with van der Waals surface area (Å²) in [5, 5.41) is -6.08. The summed E-state index contributed by atoms with van der Waals surface area (Å²) < 4.78 is 143. The maximum Gasteiger partial charge on any atom is 0.468 e. The van der Waals surface area contributed by atoms with Crippen LogP contribution in [0.1, 0.15) is 77.0 Å². The number of carbonyl (C=O) groups is 2. The first-order chi connectivity index (χ1) is 18.3. The number of rotatable bonds is 10. The van der Waals surface area contributed by atoms with Gasteiger partial charge < -0.3 is 14.2 Å². The number of alkyl halides is 7. The van der Waals surface area contributed by atoms with Crippen molar-refractivity contribution in [1.82, 2.24) is 0 Å². The van der Waals surface area contributed by atoms with Crippen LogP contribution in [0.25, 0.3) is 0 Å². The Bertz CT molecular complexity index is 1050. The van der Waals surface area contributed by atoms with Crippen molar-refractivity contribution in [3.63, 3.8) is 0 Å². The van der Waals surface area contributed by atoms with Gasteiger partial charge in [-0.15, -0.1) is 0 Å². The minimum absolute atomic E-state index is 0.0653. The van der Waals surface area contributed by atoms with E-state index in [1.165, 1.54) is 0 Å². The Morgan fingerprint density at radius 2 is 1.35 bits per heavy atom. The predicted octanol–water partition coefficient (Wildman–Crippen LogP) is 5.40. The third-order valence-corrected chi connectivity index (χ3v) is 9.59. The summed E-state index contributed by atoms with van der Waals surface area (Å²) in [6.45, 7) is -2.01. The molecule has 0 aromatic heterocycles. The molecule has 230 valence electrons. The summed E-state index contributed by atoms with van der Waals surface area (Å²) in [7, 11) is -6.67. The second-order valence-corrected chi connectivity index (χ2v) is 13.1. The zero-order chi connectivity index (χ0) is 29.8. The highest BCUT2D eigenvalue weighted by molar-refractivity contribution is 7.87. The molecule has 8 nitrogen and oxygen atoms in total. The summed E-state index contributed by atoms with van der Waals surface area (Å²) in [4.78, 5) is 26.5. The fourth-order valence-corrected chi connectivity index (χ4v) is 7.53. The van der Waals surface area contributed by atoms with E-state index in [1.54, 1.807) is 0 Å². The normalized spacial score (nSPS) is 31.1. The predicted molar refractivity (Wildman–Crippen MR) is 120 cm³/mol. The topological polar surface area (TPSA) is 116 Å². The number of halogens is 7. The Morgan fingerprint density at radius 3 is 1.80 bits per heavy atom. The van der Waals surface area contributed by atoms with Crippen LogP contribution >= 0.6 is 0 Å². The second kappa shape index (κ2) is 10.5. The minimum Gasteiger partial charge on any atom is -0.457 e. The molecule has 5 rings (SSSR count). The van der Waals surface area contributed by atoms with Gasteiger partial charge in [0, 0.05) is 6.42 Å². The standard InChI is InChI=1S/C24H31F7O8S/c25-21(26,24(30,31)40(34,35)36)6-7-37-22(23(27,28)29,19(33)38-17-4-2-1-3-5-17)39-18(32)20-11-14-8-15(12-20)10-16(9-14)13-20/h14-17H,1-13H2,(H,34,35,36). The molecule has 1 unspecified atom stereocenters. The molecular formula is C24H31F7O8S.